The molecule has 3 heteroatoms. The number of hydrogen-bond donors (Lipinski definition) is 0. The molecule has 174 valence electrons. The Hall–Kier alpha value is -4.16. The fraction of sp³-hybridized carbons (Fsp3) is 0.188. The lowest BCUT2D eigenvalue weighted by atomic mass is 9.71. The fourth-order valence-corrected chi connectivity index (χ4v) is 4.36. The van der Waals surface area contributed by atoms with E-state index in [1.165, 1.54) is 0 Å². The molecule has 0 aromatic heterocycles. The second-order valence-electron chi connectivity index (χ2n) is 9.67. The molecule has 0 N–H and O–H groups in total. The van der Waals surface area contributed by atoms with Gasteiger partial charge in [0.25, 0.3) is 0 Å². The van der Waals surface area contributed by atoms with Crippen molar-refractivity contribution in [1.29, 1.82) is 5.26 Å². The Morgan fingerprint density at radius 1 is 0.800 bits per heavy atom. The van der Waals surface area contributed by atoms with Crippen LogP contribution in [0.4, 0.5) is 0 Å². The highest BCUT2D eigenvalue weighted by Crippen LogP contribution is 2.39. The van der Waals surface area contributed by atoms with Gasteiger partial charge >= 0.3 is 5.97 Å². The first-order chi connectivity index (χ1) is 16.8. The third kappa shape index (κ3) is 5.34. The van der Waals surface area contributed by atoms with Crippen LogP contribution in [0.15, 0.2) is 109 Å². The van der Waals surface area contributed by atoms with Gasteiger partial charge in [0.1, 0.15) is 11.0 Å². The van der Waals surface area contributed by atoms with E-state index >= 15 is 0 Å². The third-order valence-corrected chi connectivity index (χ3v) is 5.99. The number of rotatable bonds is 6. The van der Waals surface area contributed by atoms with Crippen molar-refractivity contribution < 1.29 is 9.53 Å². The lowest BCUT2D eigenvalue weighted by Crippen LogP contribution is -2.31. The Morgan fingerprint density at radius 3 is 1.91 bits per heavy atom. The number of nitriles is 1. The van der Waals surface area contributed by atoms with Gasteiger partial charge in [-0.3, -0.25) is 0 Å². The normalized spacial score (nSPS) is 12.2. The van der Waals surface area contributed by atoms with Crippen molar-refractivity contribution >= 4 is 22.8 Å². The van der Waals surface area contributed by atoms with Crippen LogP contribution in [0.25, 0.3) is 16.8 Å². The molecule has 0 fully saturated rings. The van der Waals surface area contributed by atoms with Gasteiger partial charge in [-0.25, -0.2) is 4.79 Å². The molecule has 0 saturated carbocycles. The molecule has 0 atom stereocenters. The summed E-state index contributed by atoms with van der Waals surface area (Å²) >= 11 is 0. The first-order valence-electron chi connectivity index (χ1n) is 11.8. The summed E-state index contributed by atoms with van der Waals surface area (Å²) in [5.41, 5.74) is 1.31. The molecule has 0 aliphatic carbocycles. The SMILES string of the molecule is CC(C)(C)OC(=O)/C(=C/c1cccc2ccccc12)CC(C#N)(c1ccccc1)c1ccccc1. The average molecular weight is 460 g/mol. The predicted octanol–water partition coefficient (Wildman–Crippen LogP) is 7.46. The van der Waals surface area contributed by atoms with Crippen LogP contribution in [0.1, 0.15) is 43.9 Å². The first kappa shape index (κ1) is 24.0. The van der Waals surface area contributed by atoms with Crippen LogP contribution in [-0.2, 0) is 14.9 Å². The Kier molecular flexibility index (Phi) is 6.85. The molecule has 0 unspecified atom stereocenters. The fourth-order valence-electron chi connectivity index (χ4n) is 4.36. The molecule has 35 heavy (non-hydrogen) atoms. The average Bonchev–Trinajstić information content (AvgIpc) is 2.87. The van der Waals surface area contributed by atoms with Gasteiger partial charge in [0.15, 0.2) is 0 Å². The Morgan fingerprint density at radius 2 is 1.34 bits per heavy atom. The molecule has 0 saturated heterocycles. The summed E-state index contributed by atoms with van der Waals surface area (Å²) in [5, 5.41) is 12.8. The maximum absolute atomic E-state index is 13.6. The van der Waals surface area contributed by atoms with Crippen LogP contribution in [-0.4, -0.2) is 11.6 Å². The predicted molar refractivity (Wildman–Crippen MR) is 142 cm³/mol. The Bertz CT molecular complexity index is 1350. The van der Waals surface area contributed by atoms with Gasteiger partial charge < -0.3 is 4.74 Å². The van der Waals surface area contributed by atoms with Crippen molar-refractivity contribution in [3.63, 3.8) is 0 Å². The minimum absolute atomic E-state index is 0.176. The van der Waals surface area contributed by atoms with Crippen molar-refractivity contribution in [1.82, 2.24) is 0 Å². The van der Waals surface area contributed by atoms with Gasteiger partial charge in [-0.2, -0.15) is 5.26 Å². The quantitative estimate of drug-likeness (QED) is 0.222. The van der Waals surface area contributed by atoms with Crippen LogP contribution in [0, 0.1) is 11.3 Å². The Labute approximate surface area is 207 Å². The van der Waals surface area contributed by atoms with Crippen molar-refractivity contribution in [3.05, 3.63) is 125 Å². The number of carbonyl (C=O) groups is 1. The molecule has 0 amide bonds. The number of ether oxygens (including phenoxy) is 1. The number of hydrogen-bond acceptors (Lipinski definition) is 3. The number of carbonyl (C=O) groups excluding carboxylic acids is 1. The summed E-state index contributed by atoms with van der Waals surface area (Å²) in [6, 6.07) is 36.0. The minimum atomic E-state index is -1.06. The van der Waals surface area contributed by atoms with Gasteiger partial charge in [0, 0.05) is 12.0 Å². The molecule has 0 bridgehead atoms. The number of benzene rings is 4. The van der Waals surface area contributed by atoms with E-state index < -0.39 is 17.0 Å². The number of esters is 1. The van der Waals surface area contributed by atoms with Crippen molar-refractivity contribution in [2.24, 2.45) is 0 Å². The highest BCUT2D eigenvalue weighted by molar-refractivity contribution is 5.99. The van der Waals surface area contributed by atoms with Crippen LogP contribution in [0.2, 0.25) is 0 Å². The molecule has 0 heterocycles. The lowest BCUT2D eigenvalue weighted by molar-refractivity contribution is -0.150. The third-order valence-electron chi connectivity index (χ3n) is 5.99. The minimum Gasteiger partial charge on any atom is -0.457 e. The monoisotopic (exact) mass is 459 g/mol. The van der Waals surface area contributed by atoms with E-state index in [4.69, 9.17) is 4.74 Å². The van der Waals surface area contributed by atoms with Gasteiger partial charge in [0.2, 0.25) is 0 Å². The van der Waals surface area contributed by atoms with Gasteiger partial charge in [0.05, 0.1) is 6.07 Å². The topological polar surface area (TPSA) is 50.1 Å². The maximum Gasteiger partial charge on any atom is 0.334 e. The van der Waals surface area contributed by atoms with Crippen molar-refractivity contribution in [3.8, 4) is 6.07 Å². The molecule has 0 spiro atoms. The van der Waals surface area contributed by atoms with Crippen molar-refractivity contribution in [2.45, 2.75) is 38.2 Å². The van der Waals surface area contributed by atoms with Gasteiger partial charge in [-0.15, -0.1) is 0 Å². The summed E-state index contributed by atoms with van der Waals surface area (Å²) in [6.45, 7) is 5.56. The molecule has 0 radical (unpaired) electrons. The summed E-state index contributed by atoms with van der Waals surface area (Å²) in [5.74, 6) is -0.420. The van der Waals surface area contributed by atoms with Crippen LogP contribution >= 0.6 is 0 Å². The standard InChI is InChI=1S/C32H29NO2/c1-31(2,3)35-30(34)26(21-25-15-12-14-24-13-10-11-20-29(24)25)22-32(23-33,27-16-6-4-7-17-27)28-18-8-5-9-19-28/h4-21H,22H2,1-3H3/b26-21+. The second-order valence-corrected chi connectivity index (χ2v) is 9.67. The van der Waals surface area contributed by atoms with E-state index in [2.05, 4.69) is 6.07 Å². The summed E-state index contributed by atoms with van der Waals surface area (Å²) in [7, 11) is 0. The van der Waals surface area contributed by atoms with E-state index in [0.717, 1.165) is 27.5 Å². The van der Waals surface area contributed by atoms with E-state index in [0.29, 0.717) is 5.57 Å². The zero-order valence-corrected chi connectivity index (χ0v) is 20.4. The van der Waals surface area contributed by atoms with Gasteiger partial charge in [-0.1, -0.05) is 103 Å². The molecule has 0 aliphatic rings. The van der Waals surface area contributed by atoms with Crippen LogP contribution < -0.4 is 0 Å². The summed E-state index contributed by atoms with van der Waals surface area (Å²) < 4.78 is 5.83. The summed E-state index contributed by atoms with van der Waals surface area (Å²) in [4.78, 5) is 13.6. The van der Waals surface area contributed by atoms with Gasteiger partial charge in [-0.05, 0) is 54.3 Å². The molecule has 4 rings (SSSR count). The van der Waals surface area contributed by atoms with Crippen LogP contribution in [0.3, 0.4) is 0 Å². The molecular weight excluding hydrogens is 430 g/mol. The molecule has 3 nitrogen and oxygen atoms in total. The highest BCUT2D eigenvalue weighted by atomic mass is 16.6. The molecule has 4 aromatic carbocycles. The van der Waals surface area contributed by atoms with E-state index in [1.807, 2.05) is 130 Å². The van der Waals surface area contributed by atoms with Crippen LogP contribution in [0.5, 0.6) is 0 Å². The van der Waals surface area contributed by atoms with E-state index in [-0.39, 0.29) is 6.42 Å². The number of fused-ring (bicyclic) bond motifs is 1. The highest BCUT2D eigenvalue weighted by Gasteiger charge is 2.38. The Balaban J connectivity index is 1.92. The smallest absolute Gasteiger partial charge is 0.334 e. The maximum atomic E-state index is 13.6. The molecule has 4 aromatic rings. The zero-order chi connectivity index (χ0) is 24.9. The number of nitrogens with zero attached hydrogens (tertiary/aromatic N) is 1. The second kappa shape index (κ2) is 9.99. The summed E-state index contributed by atoms with van der Waals surface area (Å²) in [6.07, 6.45) is 2.06. The lowest BCUT2D eigenvalue weighted by Gasteiger charge is -2.30. The molecular formula is C32H29NO2. The van der Waals surface area contributed by atoms with E-state index in [9.17, 15) is 10.1 Å². The zero-order valence-electron chi connectivity index (χ0n) is 20.4. The van der Waals surface area contributed by atoms with E-state index in [1.54, 1.807) is 0 Å². The first-order valence-corrected chi connectivity index (χ1v) is 11.8. The molecule has 0 aliphatic heterocycles. The van der Waals surface area contributed by atoms with Crippen molar-refractivity contribution in [2.75, 3.05) is 0 Å². The largest absolute Gasteiger partial charge is 0.457 e.